The fourth-order valence-electron chi connectivity index (χ4n) is 2.44. The number of rotatable bonds is 5. The molecular formula is C15H21BrN2O. The van der Waals surface area contributed by atoms with Gasteiger partial charge in [0.05, 0.1) is 0 Å². The van der Waals surface area contributed by atoms with E-state index < -0.39 is 0 Å². The fraction of sp³-hybridized carbons (Fsp3) is 0.533. The molecule has 1 heterocycles. The van der Waals surface area contributed by atoms with Crippen molar-refractivity contribution >= 4 is 21.8 Å². The third-order valence-corrected chi connectivity index (χ3v) is 4.07. The first-order valence-corrected chi connectivity index (χ1v) is 7.73. The van der Waals surface area contributed by atoms with E-state index in [2.05, 4.69) is 26.1 Å². The van der Waals surface area contributed by atoms with Gasteiger partial charge in [-0.25, -0.2) is 0 Å². The van der Waals surface area contributed by atoms with E-state index in [1.54, 1.807) is 0 Å². The maximum absolute atomic E-state index is 12.1. The molecule has 0 atom stereocenters. The molecule has 2 rings (SSSR count). The Morgan fingerprint density at radius 2 is 2.11 bits per heavy atom. The van der Waals surface area contributed by atoms with Crippen molar-refractivity contribution in [2.75, 3.05) is 26.2 Å². The summed E-state index contributed by atoms with van der Waals surface area (Å²) in [6.45, 7) is 6.25. The van der Waals surface area contributed by atoms with Crippen molar-refractivity contribution in [2.24, 2.45) is 0 Å². The summed E-state index contributed by atoms with van der Waals surface area (Å²) in [6.07, 6.45) is 3.67. The quantitative estimate of drug-likeness (QED) is 0.844. The average Bonchev–Trinajstić information content (AvgIpc) is 2.90. The Morgan fingerprint density at radius 1 is 1.37 bits per heavy atom. The van der Waals surface area contributed by atoms with Crippen molar-refractivity contribution < 1.29 is 4.79 Å². The zero-order valence-electron chi connectivity index (χ0n) is 11.4. The van der Waals surface area contributed by atoms with E-state index in [0.29, 0.717) is 0 Å². The molecule has 1 saturated heterocycles. The van der Waals surface area contributed by atoms with Crippen molar-refractivity contribution in [3.05, 3.63) is 33.8 Å². The van der Waals surface area contributed by atoms with E-state index in [-0.39, 0.29) is 5.91 Å². The number of carbonyl (C=O) groups is 1. The molecule has 1 N–H and O–H groups in total. The van der Waals surface area contributed by atoms with Gasteiger partial charge in [-0.2, -0.15) is 0 Å². The maximum Gasteiger partial charge on any atom is 0.251 e. The number of aryl methyl sites for hydroxylation is 1. The van der Waals surface area contributed by atoms with Crippen LogP contribution in [-0.2, 0) is 0 Å². The lowest BCUT2D eigenvalue weighted by molar-refractivity contribution is 0.0951. The first-order valence-electron chi connectivity index (χ1n) is 6.93. The lowest BCUT2D eigenvalue weighted by Gasteiger charge is -2.14. The minimum absolute atomic E-state index is 0.0280. The van der Waals surface area contributed by atoms with Crippen molar-refractivity contribution in [3.8, 4) is 0 Å². The fourth-order valence-corrected chi connectivity index (χ4v) is 2.81. The smallest absolute Gasteiger partial charge is 0.251 e. The Balaban J connectivity index is 1.75. The Hall–Kier alpha value is -0.870. The topological polar surface area (TPSA) is 32.3 Å². The van der Waals surface area contributed by atoms with E-state index in [1.165, 1.54) is 25.9 Å². The molecule has 1 aromatic carbocycles. The van der Waals surface area contributed by atoms with Gasteiger partial charge >= 0.3 is 0 Å². The zero-order chi connectivity index (χ0) is 13.7. The molecular weight excluding hydrogens is 304 g/mol. The first-order chi connectivity index (χ1) is 9.16. The van der Waals surface area contributed by atoms with E-state index in [0.717, 1.165) is 35.1 Å². The van der Waals surface area contributed by atoms with Crippen LogP contribution >= 0.6 is 15.9 Å². The van der Waals surface area contributed by atoms with Gasteiger partial charge in [0.25, 0.3) is 5.91 Å². The molecule has 1 aliphatic heterocycles. The monoisotopic (exact) mass is 324 g/mol. The third kappa shape index (κ3) is 4.32. The Morgan fingerprint density at radius 3 is 2.84 bits per heavy atom. The van der Waals surface area contributed by atoms with E-state index in [1.807, 2.05) is 25.1 Å². The van der Waals surface area contributed by atoms with Gasteiger partial charge in [0.15, 0.2) is 0 Å². The lowest BCUT2D eigenvalue weighted by Crippen LogP contribution is -2.29. The molecule has 0 aliphatic carbocycles. The predicted octanol–water partition coefficient (Wildman–Crippen LogP) is 2.97. The van der Waals surface area contributed by atoms with Crippen molar-refractivity contribution in [3.63, 3.8) is 0 Å². The van der Waals surface area contributed by atoms with Crippen LogP contribution in [0.5, 0.6) is 0 Å². The second kappa shape index (κ2) is 7.06. The molecule has 0 unspecified atom stereocenters. The molecule has 1 aliphatic rings. The molecule has 1 aromatic rings. The molecule has 1 amide bonds. The number of hydrogen-bond acceptors (Lipinski definition) is 2. The van der Waals surface area contributed by atoms with Gasteiger partial charge in [-0.15, -0.1) is 0 Å². The highest BCUT2D eigenvalue weighted by Gasteiger charge is 2.11. The second-order valence-corrected chi connectivity index (χ2v) is 6.03. The van der Waals surface area contributed by atoms with Gasteiger partial charge < -0.3 is 10.2 Å². The Labute approximate surface area is 123 Å². The summed E-state index contributed by atoms with van der Waals surface area (Å²) in [7, 11) is 0. The van der Waals surface area contributed by atoms with E-state index in [9.17, 15) is 4.79 Å². The van der Waals surface area contributed by atoms with E-state index in [4.69, 9.17) is 0 Å². The average molecular weight is 325 g/mol. The first kappa shape index (κ1) is 14.5. The number of amides is 1. The standard InChI is InChI=1S/C15H21BrN2O/c1-12-5-6-13(16)11-14(12)15(19)17-7-4-10-18-8-2-3-9-18/h5-6,11H,2-4,7-10H2,1H3,(H,17,19). The number of nitrogens with one attached hydrogen (secondary N) is 1. The van der Waals surface area contributed by atoms with Gasteiger partial charge in [0.2, 0.25) is 0 Å². The van der Waals surface area contributed by atoms with Gasteiger partial charge in [-0.3, -0.25) is 4.79 Å². The highest BCUT2D eigenvalue weighted by molar-refractivity contribution is 9.10. The molecule has 0 aromatic heterocycles. The molecule has 0 saturated carbocycles. The largest absolute Gasteiger partial charge is 0.352 e. The van der Waals surface area contributed by atoms with Crippen LogP contribution in [0.3, 0.4) is 0 Å². The van der Waals surface area contributed by atoms with E-state index >= 15 is 0 Å². The number of hydrogen-bond donors (Lipinski definition) is 1. The number of likely N-dealkylation sites (tertiary alicyclic amines) is 1. The van der Waals surface area contributed by atoms with Gasteiger partial charge in [-0.05, 0) is 63.5 Å². The summed E-state index contributed by atoms with van der Waals surface area (Å²) >= 11 is 3.40. The molecule has 0 radical (unpaired) electrons. The number of carbonyl (C=O) groups excluding carboxylic acids is 1. The summed E-state index contributed by atoms with van der Waals surface area (Å²) < 4.78 is 0.945. The molecule has 0 spiro atoms. The van der Waals surface area contributed by atoms with Crippen LogP contribution in [0.1, 0.15) is 35.2 Å². The van der Waals surface area contributed by atoms with Crippen molar-refractivity contribution in [1.29, 1.82) is 0 Å². The summed E-state index contributed by atoms with van der Waals surface area (Å²) in [5, 5.41) is 3.00. The summed E-state index contributed by atoms with van der Waals surface area (Å²) in [6, 6.07) is 5.80. The van der Waals surface area contributed by atoms with Crippen LogP contribution in [0.2, 0.25) is 0 Å². The van der Waals surface area contributed by atoms with Gasteiger partial charge in [-0.1, -0.05) is 22.0 Å². The molecule has 4 heteroatoms. The summed E-state index contributed by atoms with van der Waals surface area (Å²) in [5.74, 6) is 0.0280. The summed E-state index contributed by atoms with van der Waals surface area (Å²) in [5.41, 5.74) is 1.77. The molecule has 19 heavy (non-hydrogen) atoms. The molecule has 3 nitrogen and oxygen atoms in total. The van der Waals surface area contributed by atoms with Crippen LogP contribution in [0, 0.1) is 6.92 Å². The highest BCUT2D eigenvalue weighted by atomic mass is 79.9. The Bertz CT molecular complexity index is 442. The number of benzene rings is 1. The molecule has 0 bridgehead atoms. The Kier molecular flexibility index (Phi) is 5.40. The van der Waals surface area contributed by atoms with Crippen LogP contribution in [0.15, 0.2) is 22.7 Å². The number of nitrogens with zero attached hydrogens (tertiary/aromatic N) is 1. The maximum atomic E-state index is 12.1. The van der Waals surface area contributed by atoms with Crippen molar-refractivity contribution in [2.45, 2.75) is 26.2 Å². The van der Waals surface area contributed by atoms with Crippen LogP contribution < -0.4 is 5.32 Å². The molecule has 104 valence electrons. The lowest BCUT2D eigenvalue weighted by atomic mass is 10.1. The zero-order valence-corrected chi connectivity index (χ0v) is 13.0. The normalized spacial score (nSPS) is 15.7. The van der Waals surface area contributed by atoms with Crippen LogP contribution in [0.25, 0.3) is 0 Å². The van der Waals surface area contributed by atoms with Crippen LogP contribution in [0.4, 0.5) is 0 Å². The third-order valence-electron chi connectivity index (χ3n) is 3.58. The second-order valence-electron chi connectivity index (χ2n) is 5.12. The minimum Gasteiger partial charge on any atom is -0.352 e. The van der Waals surface area contributed by atoms with Crippen molar-refractivity contribution in [1.82, 2.24) is 10.2 Å². The predicted molar refractivity (Wildman–Crippen MR) is 81.5 cm³/mol. The minimum atomic E-state index is 0.0280. The van der Waals surface area contributed by atoms with Gasteiger partial charge in [0, 0.05) is 16.6 Å². The van der Waals surface area contributed by atoms with Crippen LogP contribution in [-0.4, -0.2) is 37.0 Å². The van der Waals surface area contributed by atoms with Gasteiger partial charge in [0.1, 0.15) is 0 Å². The highest BCUT2D eigenvalue weighted by Crippen LogP contribution is 2.15. The number of halogens is 1. The summed E-state index contributed by atoms with van der Waals surface area (Å²) in [4.78, 5) is 14.5. The SMILES string of the molecule is Cc1ccc(Br)cc1C(=O)NCCCN1CCCC1. The molecule has 1 fully saturated rings.